The molecule has 0 saturated heterocycles. The summed E-state index contributed by atoms with van der Waals surface area (Å²) < 4.78 is 19.5. The van der Waals surface area contributed by atoms with Crippen LogP contribution in [0.1, 0.15) is 44.0 Å². The topological polar surface area (TPSA) is 76.8 Å². The lowest BCUT2D eigenvalue weighted by Gasteiger charge is -2.38. The number of hydrogen-bond donors (Lipinski definition) is 0. The zero-order chi connectivity index (χ0) is 20.1. The number of carbonyl (C=O) groups excluding carboxylic acids is 1. The molecule has 28 heavy (non-hydrogen) atoms. The summed E-state index contributed by atoms with van der Waals surface area (Å²) >= 11 is 1.30. The minimum absolute atomic E-state index is 0.0193. The van der Waals surface area contributed by atoms with E-state index in [-0.39, 0.29) is 17.8 Å². The second-order valence-electron chi connectivity index (χ2n) is 7.49. The van der Waals surface area contributed by atoms with Gasteiger partial charge < -0.3 is 9.47 Å². The van der Waals surface area contributed by atoms with Gasteiger partial charge in [-0.05, 0) is 56.9 Å². The van der Waals surface area contributed by atoms with E-state index in [1.165, 1.54) is 23.7 Å². The Morgan fingerprint density at radius 3 is 2.57 bits per heavy atom. The maximum absolute atomic E-state index is 13.4. The van der Waals surface area contributed by atoms with Crippen molar-refractivity contribution in [1.82, 2.24) is 29.0 Å². The van der Waals surface area contributed by atoms with Crippen LogP contribution in [0, 0.1) is 12.7 Å². The number of fused-ring (bicyclic) bond motifs is 1. The molecular formula is C19H21FN6OS. The first-order valence-corrected chi connectivity index (χ1v) is 9.87. The molecule has 1 atom stereocenters. The standard InChI is InChI=1S/C19H21FN6OS/c1-11-15-22-23-16(17-21-12(2)24-28-17)26(15)10-9-25(11)18(27)19(3,4)13-5-7-14(20)8-6-13/h5-8,11H,9-10H2,1-4H3. The molecule has 0 N–H and O–H groups in total. The number of halogens is 1. The Labute approximate surface area is 166 Å². The minimum atomic E-state index is -0.774. The number of carbonyl (C=O) groups is 1. The van der Waals surface area contributed by atoms with Gasteiger partial charge in [-0.2, -0.15) is 4.37 Å². The highest BCUT2D eigenvalue weighted by molar-refractivity contribution is 7.09. The second-order valence-corrected chi connectivity index (χ2v) is 8.24. The third-order valence-electron chi connectivity index (χ3n) is 5.27. The number of rotatable bonds is 3. The van der Waals surface area contributed by atoms with E-state index in [1.54, 1.807) is 12.1 Å². The van der Waals surface area contributed by atoms with Crippen LogP contribution in [0.15, 0.2) is 24.3 Å². The van der Waals surface area contributed by atoms with E-state index in [9.17, 15) is 9.18 Å². The number of aromatic nitrogens is 5. The Kier molecular flexibility index (Phi) is 4.49. The quantitative estimate of drug-likeness (QED) is 0.675. The van der Waals surface area contributed by atoms with Gasteiger partial charge in [-0.3, -0.25) is 4.79 Å². The Morgan fingerprint density at radius 1 is 1.21 bits per heavy atom. The van der Waals surface area contributed by atoms with Crippen molar-refractivity contribution in [2.75, 3.05) is 6.54 Å². The van der Waals surface area contributed by atoms with Gasteiger partial charge in [0.05, 0.1) is 11.5 Å². The largest absolute Gasteiger partial charge is 0.330 e. The molecule has 1 amide bonds. The zero-order valence-electron chi connectivity index (χ0n) is 16.2. The van der Waals surface area contributed by atoms with Crippen molar-refractivity contribution in [1.29, 1.82) is 0 Å². The van der Waals surface area contributed by atoms with Gasteiger partial charge in [-0.15, -0.1) is 10.2 Å². The first kappa shape index (κ1) is 18.7. The van der Waals surface area contributed by atoms with Gasteiger partial charge in [0.15, 0.2) is 16.7 Å². The van der Waals surface area contributed by atoms with Crippen molar-refractivity contribution < 1.29 is 9.18 Å². The molecule has 3 heterocycles. The van der Waals surface area contributed by atoms with Crippen molar-refractivity contribution >= 4 is 17.4 Å². The summed E-state index contributed by atoms with van der Waals surface area (Å²) in [5, 5.41) is 9.36. The molecular weight excluding hydrogens is 379 g/mol. The van der Waals surface area contributed by atoms with E-state index in [2.05, 4.69) is 19.6 Å². The number of amides is 1. The molecule has 0 fully saturated rings. The number of benzene rings is 1. The minimum Gasteiger partial charge on any atom is -0.330 e. The summed E-state index contributed by atoms with van der Waals surface area (Å²) in [6.45, 7) is 8.65. The van der Waals surface area contributed by atoms with Crippen LogP contribution >= 0.6 is 11.5 Å². The fourth-order valence-corrected chi connectivity index (χ4v) is 4.22. The van der Waals surface area contributed by atoms with Crippen LogP contribution in [0.25, 0.3) is 10.8 Å². The van der Waals surface area contributed by atoms with Gasteiger partial charge in [0.25, 0.3) is 0 Å². The van der Waals surface area contributed by atoms with Crippen molar-refractivity contribution in [2.45, 2.75) is 45.7 Å². The Morgan fingerprint density at radius 2 is 1.93 bits per heavy atom. The highest BCUT2D eigenvalue weighted by Crippen LogP contribution is 2.33. The van der Waals surface area contributed by atoms with Crippen LogP contribution in [0.4, 0.5) is 4.39 Å². The van der Waals surface area contributed by atoms with Crippen LogP contribution in [-0.4, -0.2) is 41.5 Å². The molecule has 0 radical (unpaired) electrons. The Balaban J connectivity index is 1.62. The molecule has 9 heteroatoms. The van der Waals surface area contributed by atoms with Gasteiger partial charge in [0.1, 0.15) is 11.6 Å². The lowest BCUT2D eigenvalue weighted by Crippen LogP contribution is -2.48. The molecule has 4 rings (SSSR count). The fraction of sp³-hybridized carbons (Fsp3) is 0.421. The summed E-state index contributed by atoms with van der Waals surface area (Å²) in [6, 6.07) is 5.88. The second kappa shape index (κ2) is 6.73. The first-order valence-electron chi connectivity index (χ1n) is 9.10. The van der Waals surface area contributed by atoms with E-state index in [4.69, 9.17) is 0 Å². The number of aryl methyl sites for hydroxylation is 1. The summed E-state index contributed by atoms with van der Waals surface area (Å²) in [6.07, 6.45) is 0. The lowest BCUT2D eigenvalue weighted by molar-refractivity contribution is -0.139. The Hall–Kier alpha value is -2.68. The maximum Gasteiger partial charge on any atom is 0.233 e. The smallest absolute Gasteiger partial charge is 0.233 e. The van der Waals surface area contributed by atoms with Gasteiger partial charge in [0, 0.05) is 13.1 Å². The maximum atomic E-state index is 13.4. The van der Waals surface area contributed by atoms with E-state index in [1.807, 2.05) is 37.2 Å². The fourth-order valence-electron chi connectivity index (χ4n) is 3.56. The van der Waals surface area contributed by atoms with Crippen molar-refractivity contribution in [3.8, 4) is 10.8 Å². The van der Waals surface area contributed by atoms with Gasteiger partial charge in [0.2, 0.25) is 5.91 Å². The Bertz CT molecular complexity index is 1030. The van der Waals surface area contributed by atoms with Crippen molar-refractivity contribution in [2.24, 2.45) is 0 Å². The molecule has 0 bridgehead atoms. The molecule has 3 aromatic rings. The van der Waals surface area contributed by atoms with Gasteiger partial charge >= 0.3 is 0 Å². The van der Waals surface area contributed by atoms with Crippen LogP contribution in [0.2, 0.25) is 0 Å². The molecule has 0 aliphatic carbocycles. The molecule has 2 aromatic heterocycles. The predicted octanol–water partition coefficient (Wildman–Crippen LogP) is 3.13. The molecule has 0 spiro atoms. The zero-order valence-corrected chi connectivity index (χ0v) is 17.0. The lowest BCUT2D eigenvalue weighted by atomic mass is 9.82. The predicted molar refractivity (Wildman–Crippen MR) is 103 cm³/mol. The SMILES string of the molecule is Cc1nsc(-c2nnc3n2CCN(C(=O)C(C)(C)c2ccc(F)cc2)C3C)n1. The normalized spacial score (nSPS) is 16.9. The van der Waals surface area contributed by atoms with Crippen LogP contribution in [-0.2, 0) is 16.8 Å². The molecule has 1 aliphatic rings. The summed E-state index contributed by atoms with van der Waals surface area (Å²) in [4.78, 5) is 19.6. The summed E-state index contributed by atoms with van der Waals surface area (Å²) in [5.41, 5.74) is 0.00622. The van der Waals surface area contributed by atoms with E-state index in [0.717, 1.165) is 16.4 Å². The van der Waals surface area contributed by atoms with Crippen molar-refractivity contribution in [3.63, 3.8) is 0 Å². The third kappa shape index (κ3) is 2.99. The van der Waals surface area contributed by atoms with E-state index in [0.29, 0.717) is 24.7 Å². The summed E-state index contributed by atoms with van der Waals surface area (Å²) in [7, 11) is 0. The van der Waals surface area contributed by atoms with Gasteiger partial charge in [-0.1, -0.05) is 12.1 Å². The summed E-state index contributed by atoms with van der Waals surface area (Å²) in [5.74, 6) is 1.80. The number of nitrogens with zero attached hydrogens (tertiary/aromatic N) is 6. The molecule has 146 valence electrons. The third-order valence-corrected chi connectivity index (χ3v) is 6.07. The van der Waals surface area contributed by atoms with E-state index >= 15 is 0 Å². The highest BCUT2D eigenvalue weighted by Gasteiger charge is 2.39. The van der Waals surface area contributed by atoms with Crippen LogP contribution in [0.3, 0.4) is 0 Å². The monoisotopic (exact) mass is 400 g/mol. The first-order chi connectivity index (χ1) is 13.3. The van der Waals surface area contributed by atoms with Crippen molar-refractivity contribution in [3.05, 3.63) is 47.3 Å². The average molecular weight is 400 g/mol. The molecule has 0 saturated carbocycles. The number of hydrogen-bond acceptors (Lipinski definition) is 6. The molecule has 1 aliphatic heterocycles. The van der Waals surface area contributed by atoms with Gasteiger partial charge in [-0.25, -0.2) is 9.37 Å². The average Bonchev–Trinajstić information content (AvgIpc) is 3.28. The van der Waals surface area contributed by atoms with Crippen LogP contribution in [0.5, 0.6) is 0 Å². The molecule has 1 aromatic carbocycles. The molecule has 7 nitrogen and oxygen atoms in total. The highest BCUT2D eigenvalue weighted by atomic mass is 32.1. The van der Waals surface area contributed by atoms with E-state index < -0.39 is 5.41 Å². The van der Waals surface area contributed by atoms with Crippen LogP contribution < -0.4 is 0 Å². The molecule has 1 unspecified atom stereocenters.